The van der Waals surface area contributed by atoms with E-state index in [1.807, 2.05) is 10.9 Å². The third-order valence-corrected chi connectivity index (χ3v) is 4.66. The zero-order chi connectivity index (χ0) is 14.6. The summed E-state index contributed by atoms with van der Waals surface area (Å²) in [6.07, 6.45) is 9.54. The van der Waals surface area contributed by atoms with Gasteiger partial charge in [0, 0.05) is 25.4 Å². The molecule has 0 amide bonds. The number of rotatable bonds is 6. The minimum atomic E-state index is -0.207. The summed E-state index contributed by atoms with van der Waals surface area (Å²) in [5.41, 5.74) is 3.89. The van der Waals surface area contributed by atoms with Crippen LogP contribution in [-0.4, -0.2) is 22.5 Å². The monoisotopic (exact) mass is 280 g/mol. The van der Waals surface area contributed by atoms with Crippen LogP contribution >= 0.6 is 0 Å². The molecular formula is C15H28N4O. The number of aromatic nitrogens is 2. The van der Waals surface area contributed by atoms with Gasteiger partial charge in [-0.1, -0.05) is 13.8 Å². The molecule has 1 aliphatic rings. The summed E-state index contributed by atoms with van der Waals surface area (Å²) in [7, 11) is 1.80. The zero-order valence-corrected chi connectivity index (χ0v) is 12.9. The van der Waals surface area contributed by atoms with Gasteiger partial charge in [-0.2, -0.15) is 5.10 Å². The van der Waals surface area contributed by atoms with Crippen LogP contribution in [0.15, 0.2) is 12.4 Å². The second-order valence-electron chi connectivity index (χ2n) is 6.09. The smallest absolute Gasteiger partial charge is 0.0886 e. The summed E-state index contributed by atoms with van der Waals surface area (Å²) < 4.78 is 7.90. The van der Waals surface area contributed by atoms with Gasteiger partial charge in [0.1, 0.15) is 0 Å². The molecule has 5 heteroatoms. The van der Waals surface area contributed by atoms with E-state index in [9.17, 15) is 0 Å². The molecule has 5 nitrogen and oxygen atoms in total. The Balaban J connectivity index is 2.19. The van der Waals surface area contributed by atoms with E-state index in [0.29, 0.717) is 0 Å². The number of ether oxygens (including phenoxy) is 1. The Bertz CT molecular complexity index is 410. The van der Waals surface area contributed by atoms with E-state index in [1.54, 1.807) is 7.11 Å². The minimum Gasteiger partial charge on any atom is -0.376 e. The first-order valence-electron chi connectivity index (χ1n) is 7.69. The van der Waals surface area contributed by atoms with Gasteiger partial charge in [-0.15, -0.1) is 0 Å². The Hall–Kier alpha value is -0.910. The number of hydrazine groups is 1. The van der Waals surface area contributed by atoms with Crippen molar-refractivity contribution in [1.82, 2.24) is 15.2 Å². The molecule has 0 saturated heterocycles. The maximum atomic E-state index is 5.92. The molecular weight excluding hydrogens is 252 g/mol. The molecule has 1 unspecified atom stereocenters. The molecule has 1 atom stereocenters. The first kappa shape index (κ1) is 15.5. The fourth-order valence-electron chi connectivity index (χ4n) is 3.29. The normalized spacial score (nSPS) is 28.5. The second-order valence-corrected chi connectivity index (χ2v) is 6.09. The van der Waals surface area contributed by atoms with Gasteiger partial charge in [-0.3, -0.25) is 10.5 Å². The third kappa shape index (κ3) is 3.05. The van der Waals surface area contributed by atoms with E-state index in [2.05, 4.69) is 30.6 Å². The average molecular weight is 280 g/mol. The van der Waals surface area contributed by atoms with Crippen LogP contribution in [0.1, 0.15) is 57.6 Å². The van der Waals surface area contributed by atoms with Crippen LogP contribution in [-0.2, 0) is 11.3 Å². The van der Waals surface area contributed by atoms with Crippen LogP contribution < -0.4 is 11.3 Å². The molecule has 1 aliphatic carbocycles. The highest BCUT2D eigenvalue weighted by atomic mass is 16.5. The lowest BCUT2D eigenvalue weighted by atomic mass is 9.74. The van der Waals surface area contributed by atoms with Crippen molar-refractivity contribution in [2.75, 3.05) is 7.11 Å². The van der Waals surface area contributed by atoms with Crippen molar-refractivity contribution in [2.45, 2.75) is 64.1 Å². The first-order chi connectivity index (χ1) is 9.65. The number of nitrogens with one attached hydrogen (secondary N) is 1. The lowest BCUT2D eigenvalue weighted by Gasteiger charge is -2.43. The molecule has 0 bridgehead atoms. The number of hydrogen-bond donors (Lipinski definition) is 2. The Morgan fingerprint density at radius 3 is 2.80 bits per heavy atom. The Kier molecular flexibility index (Phi) is 5.18. The number of nitrogens with zero attached hydrogens (tertiary/aromatic N) is 2. The van der Waals surface area contributed by atoms with Gasteiger partial charge >= 0.3 is 0 Å². The van der Waals surface area contributed by atoms with Crippen molar-refractivity contribution in [2.24, 2.45) is 11.8 Å². The molecule has 1 fully saturated rings. The number of aryl methyl sites for hydroxylation is 1. The Morgan fingerprint density at radius 2 is 2.25 bits per heavy atom. The van der Waals surface area contributed by atoms with Crippen LogP contribution in [0, 0.1) is 5.92 Å². The van der Waals surface area contributed by atoms with Crippen LogP contribution in [0.3, 0.4) is 0 Å². The molecule has 1 saturated carbocycles. The molecule has 0 aliphatic heterocycles. The third-order valence-electron chi connectivity index (χ3n) is 4.66. The highest BCUT2D eigenvalue weighted by Gasteiger charge is 2.42. The van der Waals surface area contributed by atoms with Crippen molar-refractivity contribution >= 4 is 0 Å². The fourth-order valence-corrected chi connectivity index (χ4v) is 3.29. The summed E-state index contributed by atoms with van der Waals surface area (Å²) in [5.74, 6) is 6.62. The number of hydrogen-bond acceptors (Lipinski definition) is 4. The first-order valence-corrected chi connectivity index (χ1v) is 7.69. The van der Waals surface area contributed by atoms with Crippen LogP contribution in [0.25, 0.3) is 0 Å². The molecule has 0 aromatic carbocycles. The van der Waals surface area contributed by atoms with Gasteiger partial charge in [0.15, 0.2) is 0 Å². The predicted molar refractivity (Wildman–Crippen MR) is 80.0 cm³/mol. The molecule has 0 radical (unpaired) electrons. The fraction of sp³-hybridized carbons (Fsp3) is 0.800. The molecule has 20 heavy (non-hydrogen) atoms. The van der Waals surface area contributed by atoms with Crippen molar-refractivity contribution in [3.63, 3.8) is 0 Å². The molecule has 1 aromatic rings. The van der Waals surface area contributed by atoms with Gasteiger partial charge < -0.3 is 4.74 Å². The van der Waals surface area contributed by atoms with Crippen molar-refractivity contribution in [3.8, 4) is 0 Å². The van der Waals surface area contributed by atoms with E-state index in [1.165, 1.54) is 12.8 Å². The van der Waals surface area contributed by atoms with Gasteiger partial charge in [-0.05, 0) is 38.0 Å². The van der Waals surface area contributed by atoms with Gasteiger partial charge in [0.05, 0.1) is 17.8 Å². The molecule has 114 valence electrons. The molecule has 1 heterocycles. The average Bonchev–Trinajstić information content (AvgIpc) is 2.91. The highest BCUT2D eigenvalue weighted by Crippen LogP contribution is 2.42. The molecule has 3 N–H and O–H groups in total. The standard InChI is InChI=1S/C15H28N4O/c1-4-9-19-11-13(10-17-19)14(18-16)15(20-3)7-5-12(2)6-8-15/h10-12,14,18H,4-9,16H2,1-3H3. The van der Waals surface area contributed by atoms with Gasteiger partial charge in [0.2, 0.25) is 0 Å². The van der Waals surface area contributed by atoms with Gasteiger partial charge in [0.25, 0.3) is 0 Å². The maximum Gasteiger partial charge on any atom is 0.0886 e. The lowest BCUT2D eigenvalue weighted by Crippen LogP contribution is -2.49. The van der Waals surface area contributed by atoms with E-state index >= 15 is 0 Å². The minimum absolute atomic E-state index is 0.00519. The topological polar surface area (TPSA) is 65.1 Å². The highest BCUT2D eigenvalue weighted by molar-refractivity contribution is 5.17. The summed E-state index contributed by atoms with van der Waals surface area (Å²) in [5, 5.41) is 4.42. The second kappa shape index (κ2) is 6.70. The van der Waals surface area contributed by atoms with Crippen LogP contribution in [0.4, 0.5) is 0 Å². The van der Waals surface area contributed by atoms with Crippen molar-refractivity contribution < 1.29 is 4.74 Å². The van der Waals surface area contributed by atoms with Crippen LogP contribution in [0.5, 0.6) is 0 Å². The van der Waals surface area contributed by atoms with E-state index < -0.39 is 0 Å². The molecule has 2 rings (SSSR count). The zero-order valence-electron chi connectivity index (χ0n) is 12.9. The van der Waals surface area contributed by atoms with E-state index in [-0.39, 0.29) is 11.6 Å². The number of nitrogens with two attached hydrogens (primary N) is 1. The predicted octanol–water partition coefficient (Wildman–Crippen LogP) is 2.39. The quantitative estimate of drug-likeness (QED) is 0.620. The van der Waals surface area contributed by atoms with Crippen molar-refractivity contribution in [1.29, 1.82) is 0 Å². The summed E-state index contributed by atoms with van der Waals surface area (Å²) in [6, 6.07) is 0.00519. The summed E-state index contributed by atoms with van der Waals surface area (Å²) in [6.45, 7) is 5.40. The molecule has 0 spiro atoms. The van der Waals surface area contributed by atoms with Crippen molar-refractivity contribution in [3.05, 3.63) is 18.0 Å². The van der Waals surface area contributed by atoms with Crippen LogP contribution in [0.2, 0.25) is 0 Å². The number of methoxy groups -OCH3 is 1. The Labute approximate surface area is 121 Å². The SMILES string of the molecule is CCCn1cc(C(NN)C2(OC)CCC(C)CC2)cn1. The lowest BCUT2D eigenvalue weighted by molar-refractivity contribution is -0.0761. The maximum absolute atomic E-state index is 5.92. The van der Waals surface area contributed by atoms with Gasteiger partial charge in [-0.25, -0.2) is 5.43 Å². The summed E-state index contributed by atoms with van der Waals surface area (Å²) in [4.78, 5) is 0. The molecule has 1 aromatic heterocycles. The Morgan fingerprint density at radius 1 is 1.55 bits per heavy atom. The van der Waals surface area contributed by atoms with E-state index in [0.717, 1.165) is 37.3 Å². The summed E-state index contributed by atoms with van der Waals surface area (Å²) >= 11 is 0. The largest absolute Gasteiger partial charge is 0.376 e. The van der Waals surface area contributed by atoms with E-state index in [4.69, 9.17) is 10.6 Å².